The van der Waals surface area contributed by atoms with Gasteiger partial charge in [-0.25, -0.2) is 0 Å². The van der Waals surface area contributed by atoms with E-state index in [1.54, 1.807) is 0 Å². The van der Waals surface area contributed by atoms with Gasteiger partial charge in [0.2, 0.25) is 0 Å². The summed E-state index contributed by atoms with van der Waals surface area (Å²) in [7, 11) is 1.22. The van der Waals surface area contributed by atoms with Gasteiger partial charge in [-0.15, -0.1) is 0 Å². The minimum absolute atomic E-state index is 0.226. The van der Waals surface area contributed by atoms with Crippen molar-refractivity contribution in [3.05, 3.63) is 27.2 Å². The monoisotopic (exact) mass is 325 g/mol. The molecule has 0 heterocycles. The average Bonchev–Trinajstić information content (AvgIpc) is 2.38. The maximum absolute atomic E-state index is 11.4. The zero-order valence-corrected chi connectivity index (χ0v) is 12.1. The lowest BCUT2D eigenvalue weighted by Gasteiger charge is -2.09. The van der Waals surface area contributed by atoms with Gasteiger partial charge in [0.15, 0.2) is 6.61 Å². The Bertz CT molecular complexity index is 493. The second-order valence-electron chi connectivity index (χ2n) is 3.34. The van der Waals surface area contributed by atoms with Gasteiger partial charge in [0.1, 0.15) is 12.3 Å². The number of carbonyl (C=O) groups is 2. The Hall–Kier alpha value is -1.17. The molecule has 1 N–H and O–H groups in total. The first-order valence-electron chi connectivity index (χ1n) is 5.05. The van der Waals surface area contributed by atoms with Crippen molar-refractivity contribution in [1.29, 1.82) is 0 Å². The van der Waals surface area contributed by atoms with Crippen molar-refractivity contribution in [3.8, 4) is 5.75 Å². The molecule has 0 atom stereocenters. The average molecular weight is 327 g/mol. The van der Waals surface area contributed by atoms with E-state index in [0.717, 1.165) is 0 Å². The highest BCUT2D eigenvalue weighted by Crippen LogP contribution is 2.33. The standard InChI is InChI=1S/C11H10Cl3NO4/c1-18-11(17)4-15-10(16)5-19-9-3-7(13)6(12)2-8(9)14/h2-3H,4-5H2,1H3,(H,15,16). The van der Waals surface area contributed by atoms with Gasteiger partial charge < -0.3 is 14.8 Å². The molecule has 0 unspecified atom stereocenters. The molecule has 0 saturated carbocycles. The second kappa shape index (κ2) is 7.43. The number of methoxy groups -OCH3 is 1. The Morgan fingerprint density at radius 1 is 1.16 bits per heavy atom. The van der Waals surface area contributed by atoms with Gasteiger partial charge in [-0.3, -0.25) is 9.59 Å². The zero-order chi connectivity index (χ0) is 14.4. The summed E-state index contributed by atoms with van der Waals surface area (Å²) in [6.45, 7) is -0.539. The molecule has 5 nitrogen and oxygen atoms in total. The highest BCUT2D eigenvalue weighted by molar-refractivity contribution is 6.43. The molecule has 0 spiro atoms. The van der Waals surface area contributed by atoms with Crippen molar-refractivity contribution < 1.29 is 19.1 Å². The van der Waals surface area contributed by atoms with Crippen molar-refractivity contribution in [3.63, 3.8) is 0 Å². The molecule has 0 aromatic heterocycles. The molecule has 0 bridgehead atoms. The largest absolute Gasteiger partial charge is 0.482 e. The summed E-state index contributed by atoms with van der Waals surface area (Å²) < 4.78 is 9.52. The maximum Gasteiger partial charge on any atom is 0.325 e. The summed E-state index contributed by atoms with van der Waals surface area (Å²) in [6.07, 6.45) is 0. The fourth-order valence-corrected chi connectivity index (χ4v) is 1.64. The van der Waals surface area contributed by atoms with E-state index in [1.807, 2.05) is 0 Å². The summed E-state index contributed by atoms with van der Waals surface area (Å²) in [6, 6.07) is 2.81. The SMILES string of the molecule is COC(=O)CNC(=O)COc1cc(Cl)c(Cl)cc1Cl. The van der Waals surface area contributed by atoms with Crippen molar-refractivity contribution >= 4 is 46.7 Å². The van der Waals surface area contributed by atoms with Crippen LogP contribution in [0.4, 0.5) is 0 Å². The zero-order valence-electron chi connectivity index (χ0n) is 9.84. The lowest BCUT2D eigenvalue weighted by atomic mass is 10.3. The maximum atomic E-state index is 11.4. The molecule has 0 aliphatic carbocycles. The van der Waals surface area contributed by atoms with Crippen LogP contribution in [0.1, 0.15) is 0 Å². The first kappa shape index (κ1) is 15.9. The fraction of sp³-hybridized carbons (Fsp3) is 0.273. The van der Waals surface area contributed by atoms with Gasteiger partial charge >= 0.3 is 5.97 Å². The highest BCUT2D eigenvalue weighted by atomic mass is 35.5. The van der Waals surface area contributed by atoms with Crippen molar-refractivity contribution in [2.75, 3.05) is 20.3 Å². The summed E-state index contributed by atoms with van der Waals surface area (Å²) in [5.41, 5.74) is 0. The Labute approximate surface area is 124 Å². The van der Waals surface area contributed by atoms with Crippen molar-refractivity contribution in [2.45, 2.75) is 0 Å². The summed E-state index contributed by atoms with van der Waals surface area (Å²) in [5.74, 6) is -0.822. The number of halogens is 3. The van der Waals surface area contributed by atoms with Gasteiger partial charge in [-0.1, -0.05) is 34.8 Å². The fourth-order valence-electron chi connectivity index (χ4n) is 1.05. The summed E-state index contributed by atoms with van der Waals surface area (Å²) in [4.78, 5) is 22.1. The topological polar surface area (TPSA) is 64.6 Å². The van der Waals surface area contributed by atoms with Crippen LogP contribution in [0.15, 0.2) is 12.1 Å². The Morgan fingerprint density at radius 3 is 2.42 bits per heavy atom. The van der Waals surface area contributed by atoms with Gasteiger partial charge in [-0.2, -0.15) is 0 Å². The van der Waals surface area contributed by atoms with E-state index in [4.69, 9.17) is 39.5 Å². The predicted octanol–water partition coefficient (Wildman–Crippen LogP) is 2.31. The number of esters is 1. The van der Waals surface area contributed by atoms with Crippen LogP contribution in [0.25, 0.3) is 0 Å². The quantitative estimate of drug-likeness (QED) is 0.666. The van der Waals surface area contributed by atoms with Crippen LogP contribution in [0.2, 0.25) is 15.1 Å². The summed E-state index contributed by atoms with van der Waals surface area (Å²) in [5, 5.41) is 3.09. The number of carbonyl (C=O) groups excluding carboxylic acids is 2. The number of amides is 1. The third-order valence-electron chi connectivity index (χ3n) is 1.99. The predicted molar refractivity (Wildman–Crippen MR) is 72.0 cm³/mol. The first-order chi connectivity index (χ1) is 8.93. The Morgan fingerprint density at radius 2 is 1.79 bits per heavy atom. The molecule has 1 aromatic rings. The van der Waals surface area contributed by atoms with Crippen LogP contribution in [0, 0.1) is 0 Å². The van der Waals surface area contributed by atoms with Crippen molar-refractivity contribution in [1.82, 2.24) is 5.32 Å². The normalized spacial score (nSPS) is 9.89. The van der Waals surface area contributed by atoms with Crippen LogP contribution in [0.5, 0.6) is 5.75 Å². The number of ether oxygens (including phenoxy) is 2. The van der Waals surface area contributed by atoms with E-state index in [9.17, 15) is 9.59 Å². The number of nitrogens with one attached hydrogen (secondary N) is 1. The van der Waals surface area contributed by atoms with E-state index < -0.39 is 11.9 Å². The lowest BCUT2D eigenvalue weighted by Crippen LogP contribution is -2.33. The molecule has 1 rings (SSSR count). The molecular weight excluding hydrogens is 316 g/mol. The molecule has 19 heavy (non-hydrogen) atoms. The van der Waals surface area contributed by atoms with Gasteiger partial charge in [-0.05, 0) is 6.07 Å². The van der Waals surface area contributed by atoms with E-state index >= 15 is 0 Å². The minimum atomic E-state index is -0.555. The van der Waals surface area contributed by atoms with Gasteiger partial charge in [0.05, 0.1) is 22.2 Å². The van der Waals surface area contributed by atoms with Crippen LogP contribution < -0.4 is 10.1 Å². The number of hydrogen-bond acceptors (Lipinski definition) is 4. The molecular formula is C11H10Cl3NO4. The van der Waals surface area contributed by atoms with Gasteiger partial charge in [0.25, 0.3) is 5.91 Å². The lowest BCUT2D eigenvalue weighted by molar-refractivity contribution is -0.141. The molecule has 104 valence electrons. The number of rotatable bonds is 5. The van der Waals surface area contributed by atoms with E-state index in [-0.39, 0.29) is 34.0 Å². The molecule has 0 saturated heterocycles. The molecule has 1 amide bonds. The first-order valence-corrected chi connectivity index (χ1v) is 6.18. The van der Waals surface area contributed by atoms with Crippen LogP contribution in [-0.2, 0) is 14.3 Å². The van der Waals surface area contributed by atoms with E-state index in [1.165, 1.54) is 19.2 Å². The van der Waals surface area contributed by atoms with Gasteiger partial charge in [0, 0.05) is 6.07 Å². The molecule has 0 aliphatic heterocycles. The van der Waals surface area contributed by atoms with E-state index in [0.29, 0.717) is 0 Å². The Kier molecular flexibility index (Phi) is 6.21. The molecule has 8 heteroatoms. The molecule has 0 aliphatic rings. The third-order valence-corrected chi connectivity index (χ3v) is 3.01. The van der Waals surface area contributed by atoms with Crippen LogP contribution in [-0.4, -0.2) is 32.1 Å². The van der Waals surface area contributed by atoms with Crippen molar-refractivity contribution in [2.24, 2.45) is 0 Å². The van der Waals surface area contributed by atoms with E-state index in [2.05, 4.69) is 10.1 Å². The third kappa shape index (κ3) is 5.14. The Balaban J connectivity index is 2.51. The minimum Gasteiger partial charge on any atom is -0.482 e. The second-order valence-corrected chi connectivity index (χ2v) is 4.56. The summed E-state index contributed by atoms with van der Waals surface area (Å²) >= 11 is 17.4. The highest BCUT2D eigenvalue weighted by Gasteiger charge is 2.10. The number of benzene rings is 1. The molecule has 0 radical (unpaired) electrons. The smallest absolute Gasteiger partial charge is 0.325 e. The van der Waals surface area contributed by atoms with Crippen LogP contribution >= 0.6 is 34.8 Å². The van der Waals surface area contributed by atoms with Crippen LogP contribution in [0.3, 0.4) is 0 Å². The molecule has 0 fully saturated rings. The number of hydrogen-bond donors (Lipinski definition) is 1. The molecule has 1 aromatic carbocycles.